The van der Waals surface area contributed by atoms with Crippen molar-refractivity contribution in [1.29, 1.82) is 0 Å². The molecule has 0 aliphatic heterocycles. The largest absolute Gasteiger partial charge is 0.394 e. The SMILES string of the molecule is Cc1cccc([N+](=O)[O-])c1C(=O)NC1(CO)CCCC1. The first kappa shape index (κ1) is 14.5. The van der Waals surface area contributed by atoms with Gasteiger partial charge in [0.15, 0.2) is 0 Å². The van der Waals surface area contributed by atoms with E-state index in [0.717, 1.165) is 12.8 Å². The maximum Gasteiger partial charge on any atom is 0.282 e. The lowest BCUT2D eigenvalue weighted by atomic mass is 9.97. The summed E-state index contributed by atoms with van der Waals surface area (Å²) in [7, 11) is 0. The fraction of sp³-hybridized carbons (Fsp3) is 0.500. The van der Waals surface area contributed by atoms with Gasteiger partial charge in [-0.3, -0.25) is 14.9 Å². The maximum atomic E-state index is 12.4. The number of aliphatic hydroxyl groups is 1. The first-order valence-electron chi connectivity index (χ1n) is 6.66. The van der Waals surface area contributed by atoms with E-state index >= 15 is 0 Å². The minimum Gasteiger partial charge on any atom is -0.394 e. The lowest BCUT2D eigenvalue weighted by Crippen LogP contribution is -2.49. The number of nitrogens with zero attached hydrogens (tertiary/aromatic N) is 1. The van der Waals surface area contributed by atoms with Crippen LogP contribution in [-0.2, 0) is 0 Å². The van der Waals surface area contributed by atoms with Crippen LogP contribution in [0.1, 0.15) is 41.6 Å². The molecule has 1 saturated carbocycles. The molecule has 0 saturated heterocycles. The molecular weight excluding hydrogens is 260 g/mol. The van der Waals surface area contributed by atoms with Crippen molar-refractivity contribution in [2.75, 3.05) is 6.61 Å². The van der Waals surface area contributed by atoms with Gasteiger partial charge in [0, 0.05) is 6.07 Å². The monoisotopic (exact) mass is 278 g/mol. The number of carbonyl (C=O) groups is 1. The molecule has 2 rings (SSSR count). The van der Waals surface area contributed by atoms with Gasteiger partial charge in [-0.05, 0) is 25.3 Å². The van der Waals surface area contributed by atoms with Gasteiger partial charge in [0.2, 0.25) is 0 Å². The predicted molar refractivity (Wildman–Crippen MR) is 73.6 cm³/mol. The standard InChI is InChI=1S/C14H18N2O4/c1-10-5-4-6-11(16(19)20)12(10)13(18)15-14(9-17)7-2-3-8-14/h4-6,17H,2-3,7-9H2,1H3,(H,15,18). The third-order valence-electron chi connectivity index (χ3n) is 3.92. The van der Waals surface area contributed by atoms with Crippen LogP contribution in [0.2, 0.25) is 0 Å². The van der Waals surface area contributed by atoms with Crippen molar-refractivity contribution in [3.05, 3.63) is 39.4 Å². The second-order valence-electron chi connectivity index (χ2n) is 5.33. The van der Waals surface area contributed by atoms with E-state index in [1.807, 2.05) is 0 Å². The van der Waals surface area contributed by atoms with Crippen molar-refractivity contribution in [3.8, 4) is 0 Å². The number of hydrogen-bond acceptors (Lipinski definition) is 4. The average molecular weight is 278 g/mol. The molecule has 6 nitrogen and oxygen atoms in total. The zero-order chi connectivity index (χ0) is 14.8. The summed E-state index contributed by atoms with van der Waals surface area (Å²) in [5.41, 5.74) is -0.193. The lowest BCUT2D eigenvalue weighted by Gasteiger charge is -2.28. The van der Waals surface area contributed by atoms with Gasteiger partial charge in [-0.15, -0.1) is 0 Å². The van der Waals surface area contributed by atoms with E-state index in [4.69, 9.17) is 0 Å². The molecule has 0 spiro atoms. The van der Waals surface area contributed by atoms with Gasteiger partial charge in [-0.1, -0.05) is 25.0 Å². The maximum absolute atomic E-state index is 12.4. The van der Waals surface area contributed by atoms with Crippen molar-refractivity contribution in [3.63, 3.8) is 0 Å². The summed E-state index contributed by atoms with van der Waals surface area (Å²) in [6, 6.07) is 4.55. The van der Waals surface area contributed by atoms with Crippen molar-refractivity contribution in [2.24, 2.45) is 0 Å². The summed E-state index contributed by atoms with van der Waals surface area (Å²) < 4.78 is 0. The van der Waals surface area contributed by atoms with E-state index in [9.17, 15) is 20.0 Å². The van der Waals surface area contributed by atoms with Gasteiger partial charge in [0.1, 0.15) is 5.56 Å². The molecule has 1 aliphatic carbocycles. The number of rotatable bonds is 4. The Morgan fingerprint density at radius 1 is 1.45 bits per heavy atom. The van der Waals surface area contributed by atoms with Gasteiger partial charge < -0.3 is 10.4 Å². The van der Waals surface area contributed by atoms with Crippen molar-refractivity contribution in [2.45, 2.75) is 38.1 Å². The van der Waals surface area contributed by atoms with E-state index in [1.165, 1.54) is 6.07 Å². The number of benzene rings is 1. The second-order valence-corrected chi connectivity index (χ2v) is 5.33. The van der Waals surface area contributed by atoms with Crippen molar-refractivity contribution < 1.29 is 14.8 Å². The molecule has 0 aromatic heterocycles. The molecule has 20 heavy (non-hydrogen) atoms. The Balaban J connectivity index is 2.32. The Labute approximate surface area is 117 Å². The molecule has 1 fully saturated rings. The zero-order valence-electron chi connectivity index (χ0n) is 11.4. The molecule has 0 atom stereocenters. The predicted octanol–water partition coefficient (Wildman–Crippen LogP) is 1.94. The summed E-state index contributed by atoms with van der Waals surface area (Å²) in [6.07, 6.45) is 3.29. The zero-order valence-corrected chi connectivity index (χ0v) is 11.4. The van der Waals surface area contributed by atoms with Crippen LogP contribution in [0, 0.1) is 17.0 Å². The van der Waals surface area contributed by atoms with Crippen LogP contribution < -0.4 is 5.32 Å². The van der Waals surface area contributed by atoms with Crippen LogP contribution in [0.15, 0.2) is 18.2 Å². The summed E-state index contributed by atoms with van der Waals surface area (Å²) in [4.78, 5) is 22.9. The number of aliphatic hydroxyl groups excluding tert-OH is 1. The van der Waals surface area contributed by atoms with Crippen LogP contribution in [-0.4, -0.2) is 28.1 Å². The third-order valence-corrected chi connectivity index (χ3v) is 3.92. The van der Waals surface area contributed by atoms with E-state index < -0.39 is 16.4 Å². The topological polar surface area (TPSA) is 92.5 Å². The van der Waals surface area contributed by atoms with Gasteiger partial charge in [-0.2, -0.15) is 0 Å². The fourth-order valence-corrected chi connectivity index (χ4v) is 2.78. The first-order chi connectivity index (χ1) is 9.49. The van der Waals surface area contributed by atoms with Crippen LogP contribution >= 0.6 is 0 Å². The smallest absolute Gasteiger partial charge is 0.282 e. The van der Waals surface area contributed by atoms with Crippen LogP contribution in [0.25, 0.3) is 0 Å². The number of amides is 1. The fourth-order valence-electron chi connectivity index (χ4n) is 2.78. The average Bonchev–Trinajstić information content (AvgIpc) is 2.87. The Bertz CT molecular complexity index is 536. The lowest BCUT2D eigenvalue weighted by molar-refractivity contribution is -0.385. The minimum atomic E-state index is -0.632. The molecule has 2 N–H and O–H groups in total. The molecule has 1 aliphatic rings. The summed E-state index contributed by atoms with van der Waals surface area (Å²) in [5, 5.41) is 23.4. The van der Waals surface area contributed by atoms with E-state index in [2.05, 4.69) is 5.32 Å². The Morgan fingerprint density at radius 2 is 2.10 bits per heavy atom. The molecule has 0 unspecified atom stereocenters. The van der Waals surface area contributed by atoms with Crippen molar-refractivity contribution >= 4 is 11.6 Å². The summed E-state index contributed by atoms with van der Waals surface area (Å²) >= 11 is 0. The van der Waals surface area contributed by atoms with E-state index in [0.29, 0.717) is 18.4 Å². The highest BCUT2D eigenvalue weighted by molar-refractivity contribution is 6.00. The normalized spacial score (nSPS) is 16.9. The molecule has 1 aromatic carbocycles. The number of aryl methyl sites for hydroxylation is 1. The van der Waals surface area contributed by atoms with Crippen LogP contribution in [0.3, 0.4) is 0 Å². The Kier molecular flexibility index (Phi) is 4.04. The van der Waals surface area contributed by atoms with Gasteiger partial charge in [0.25, 0.3) is 11.6 Å². The summed E-state index contributed by atoms with van der Waals surface area (Å²) in [6.45, 7) is 1.53. The van der Waals surface area contributed by atoms with E-state index in [-0.39, 0.29) is 17.9 Å². The molecule has 0 bridgehead atoms. The molecule has 1 aromatic rings. The van der Waals surface area contributed by atoms with Gasteiger partial charge >= 0.3 is 0 Å². The number of nitro benzene ring substituents is 1. The Hall–Kier alpha value is -1.95. The van der Waals surface area contributed by atoms with Crippen molar-refractivity contribution in [1.82, 2.24) is 5.32 Å². The highest BCUT2D eigenvalue weighted by atomic mass is 16.6. The van der Waals surface area contributed by atoms with Gasteiger partial charge in [-0.25, -0.2) is 0 Å². The highest BCUT2D eigenvalue weighted by Gasteiger charge is 2.36. The molecule has 0 radical (unpaired) electrons. The summed E-state index contributed by atoms with van der Waals surface area (Å²) in [5.74, 6) is -0.481. The number of hydrogen-bond donors (Lipinski definition) is 2. The molecular formula is C14H18N2O4. The van der Waals surface area contributed by atoms with E-state index in [1.54, 1.807) is 19.1 Å². The highest BCUT2D eigenvalue weighted by Crippen LogP contribution is 2.30. The number of carbonyl (C=O) groups excluding carboxylic acids is 1. The molecule has 0 heterocycles. The van der Waals surface area contributed by atoms with Crippen LogP contribution in [0.5, 0.6) is 0 Å². The minimum absolute atomic E-state index is 0.0808. The second kappa shape index (κ2) is 5.58. The molecule has 108 valence electrons. The first-order valence-corrected chi connectivity index (χ1v) is 6.66. The quantitative estimate of drug-likeness (QED) is 0.650. The number of nitro groups is 1. The van der Waals surface area contributed by atoms with Gasteiger partial charge in [0.05, 0.1) is 17.1 Å². The molecule has 6 heteroatoms. The van der Waals surface area contributed by atoms with Crippen LogP contribution in [0.4, 0.5) is 5.69 Å². The third kappa shape index (κ3) is 2.65. The number of nitrogens with one attached hydrogen (secondary N) is 1. The molecule has 1 amide bonds. The Morgan fingerprint density at radius 3 is 2.65 bits per heavy atom.